The normalized spacial score (nSPS) is 16.1. The van der Waals surface area contributed by atoms with Crippen LogP contribution in [0.5, 0.6) is 23.0 Å². The van der Waals surface area contributed by atoms with Crippen LogP contribution in [0.2, 0.25) is 0 Å². The molecule has 0 saturated carbocycles. The molecule has 0 N–H and O–H groups in total. The molecule has 4 heteroatoms. The molecule has 1 aliphatic rings. The van der Waals surface area contributed by atoms with Crippen LogP contribution < -0.4 is 18.9 Å². The van der Waals surface area contributed by atoms with Crippen molar-refractivity contribution in [2.24, 2.45) is 0 Å². The highest BCUT2D eigenvalue weighted by molar-refractivity contribution is 5.48. The Morgan fingerprint density at radius 1 is 0.862 bits per heavy atom. The number of ether oxygens (including phenoxy) is 4. The van der Waals surface area contributed by atoms with E-state index >= 15 is 0 Å². The first-order chi connectivity index (χ1) is 16.5. The van der Waals surface area contributed by atoms with Gasteiger partial charge in [-0.15, -0.1) is 6.58 Å². The van der Waals surface area contributed by atoms with Crippen molar-refractivity contribution in [3.63, 3.8) is 0 Å². The predicted octanol–water partition coefficient (Wildman–Crippen LogP) is 5.80. The fourth-order valence-electron chi connectivity index (χ4n) is 3.38. The third-order valence-electron chi connectivity index (χ3n) is 4.95. The number of fused-ring (bicyclic) bond motifs is 1. The zero-order valence-corrected chi connectivity index (χ0v) is 17.3. The highest BCUT2D eigenvalue weighted by Gasteiger charge is 2.13. The number of benzene rings is 2. The molecule has 0 heterocycles. The molecule has 0 fully saturated rings. The van der Waals surface area contributed by atoms with E-state index in [4.69, 9.17) is 27.2 Å². The average Bonchev–Trinajstić information content (AvgIpc) is 2.78. The van der Waals surface area contributed by atoms with Gasteiger partial charge in [-0.3, -0.25) is 0 Å². The van der Waals surface area contributed by atoms with E-state index in [2.05, 4.69) is 6.58 Å². The molecule has 0 aliphatic heterocycles. The van der Waals surface area contributed by atoms with E-state index in [9.17, 15) is 0 Å². The minimum Gasteiger partial charge on any atom is -0.493 e. The minimum absolute atomic E-state index is 0.241. The molecule has 1 aliphatic carbocycles. The molecular weight excluding hydrogens is 364 g/mol. The third-order valence-corrected chi connectivity index (χ3v) is 4.95. The van der Waals surface area contributed by atoms with Gasteiger partial charge in [-0.25, -0.2) is 0 Å². The number of rotatable bonds is 8. The molecule has 158 valence electrons. The second-order valence-electron chi connectivity index (χ2n) is 6.85. The standard InChI is InChI=1S/C13H18O2.C12H16O2/c1-4-5-6-7-11-8-9-12(14-2)13(10-11)15-3;1-13-11-7-9-5-3-4-6-10(9)8-12(11)14-2/h4,8-10H,1,5-7H2,2-3H3;7-8H,3-6H2,1-2H3/i2D3;1D3. The molecule has 0 spiro atoms. The number of allylic oxidation sites excluding steroid dienone is 1. The Balaban J connectivity index is 0.000000247. The Bertz CT molecular complexity index is 970. The monoisotopic (exact) mass is 404 g/mol. The highest BCUT2D eigenvalue weighted by Crippen LogP contribution is 2.33. The van der Waals surface area contributed by atoms with Crippen LogP contribution in [0.15, 0.2) is 43.0 Å². The Morgan fingerprint density at radius 3 is 2.03 bits per heavy atom. The number of hydrogen-bond donors (Lipinski definition) is 0. The van der Waals surface area contributed by atoms with Gasteiger partial charge in [0.1, 0.15) is 0 Å². The van der Waals surface area contributed by atoms with Crippen LogP contribution in [0.1, 0.15) is 50.6 Å². The lowest BCUT2D eigenvalue weighted by Crippen LogP contribution is -2.04. The van der Waals surface area contributed by atoms with Crippen LogP contribution in [0.3, 0.4) is 0 Å². The molecule has 4 nitrogen and oxygen atoms in total. The van der Waals surface area contributed by atoms with Crippen molar-refractivity contribution in [2.45, 2.75) is 44.9 Å². The summed E-state index contributed by atoms with van der Waals surface area (Å²) < 4.78 is 62.8. The average molecular weight is 405 g/mol. The largest absolute Gasteiger partial charge is 0.493 e. The van der Waals surface area contributed by atoms with E-state index in [0.717, 1.165) is 44.1 Å². The molecule has 2 aromatic carbocycles. The van der Waals surface area contributed by atoms with Gasteiger partial charge in [0.05, 0.1) is 36.5 Å². The summed E-state index contributed by atoms with van der Waals surface area (Å²) in [6, 6.07) is 9.00. The molecule has 0 aromatic heterocycles. The molecule has 0 saturated heterocycles. The first-order valence-corrected chi connectivity index (χ1v) is 9.81. The lowest BCUT2D eigenvalue weighted by atomic mass is 9.91. The zero-order chi connectivity index (χ0) is 26.1. The first kappa shape index (κ1) is 15.3. The molecule has 0 bridgehead atoms. The molecular formula is C25H34O4. The quantitative estimate of drug-likeness (QED) is 0.412. The van der Waals surface area contributed by atoms with Crippen molar-refractivity contribution >= 4 is 0 Å². The second-order valence-corrected chi connectivity index (χ2v) is 6.85. The first-order valence-electron chi connectivity index (χ1n) is 12.8. The van der Waals surface area contributed by atoms with Gasteiger partial charge in [-0.05, 0) is 85.9 Å². The van der Waals surface area contributed by atoms with Crippen molar-refractivity contribution in [2.75, 3.05) is 28.3 Å². The molecule has 29 heavy (non-hydrogen) atoms. The fourth-order valence-corrected chi connectivity index (χ4v) is 3.38. The maximum atomic E-state index is 7.14. The maximum absolute atomic E-state index is 7.14. The fraction of sp³-hybridized carbons (Fsp3) is 0.440. The molecule has 3 rings (SSSR count). The molecule has 0 atom stereocenters. The van der Waals surface area contributed by atoms with E-state index in [0.29, 0.717) is 17.2 Å². The molecule has 0 radical (unpaired) electrons. The Labute approximate surface area is 183 Å². The van der Waals surface area contributed by atoms with Crippen molar-refractivity contribution < 1.29 is 27.2 Å². The van der Waals surface area contributed by atoms with Crippen molar-refractivity contribution in [1.82, 2.24) is 0 Å². The number of hydrogen-bond acceptors (Lipinski definition) is 4. The summed E-state index contributed by atoms with van der Waals surface area (Å²) in [6.45, 7) is 3.67. The van der Waals surface area contributed by atoms with Crippen molar-refractivity contribution in [3.8, 4) is 23.0 Å². The SMILES string of the molecule is [2H]C([2H])([2H])Oc1cc2c(cc1OC)CCCC2.[2H]C([2H])([2H])Oc1ccc(CCCC=C)cc1OC. The van der Waals surface area contributed by atoms with Gasteiger partial charge >= 0.3 is 0 Å². The summed E-state index contributed by atoms with van der Waals surface area (Å²) in [4.78, 5) is 0. The van der Waals surface area contributed by atoms with E-state index in [1.54, 1.807) is 12.1 Å². The van der Waals surface area contributed by atoms with Crippen LogP contribution in [0, 0.1) is 0 Å². The van der Waals surface area contributed by atoms with Crippen molar-refractivity contribution in [3.05, 3.63) is 59.7 Å². The minimum atomic E-state index is -2.46. The smallest absolute Gasteiger partial charge is 0.161 e. The summed E-state index contributed by atoms with van der Waals surface area (Å²) in [5.74, 6) is 1.50. The van der Waals surface area contributed by atoms with Gasteiger partial charge in [0, 0.05) is 0 Å². The van der Waals surface area contributed by atoms with Gasteiger partial charge in [0.25, 0.3) is 0 Å². The summed E-state index contributed by atoms with van der Waals surface area (Å²) >= 11 is 0. The van der Waals surface area contributed by atoms with E-state index in [1.165, 1.54) is 31.8 Å². The summed E-state index contributed by atoms with van der Waals surface area (Å²) in [6.07, 6.45) is 9.07. The van der Waals surface area contributed by atoms with Gasteiger partial charge < -0.3 is 18.9 Å². The number of methoxy groups -OCH3 is 4. The van der Waals surface area contributed by atoms with E-state index in [-0.39, 0.29) is 5.75 Å². The van der Waals surface area contributed by atoms with Gasteiger partial charge in [-0.2, -0.15) is 0 Å². The third kappa shape index (κ3) is 6.45. The number of aryl methyl sites for hydroxylation is 3. The Kier molecular flexibility index (Phi) is 6.34. The van der Waals surface area contributed by atoms with E-state index in [1.807, 2.05) is 24.3 Å². The summed E-state index contributed by atoms with van der Waals surface area (Å²) in [5, 5.41) is 0. The van der Waals surface area contributed by atoms with Crippen LogP contribution in [0.4, 0.5) is 0 Å². The Morgan fingerprint density at radius 2 is 1.45 bits per heavy atom. The predicted molar refractivity (Wildman–Crippen MR) is 119 cm³/mol. The van der Waals surface area contributed by atoms with Gasteiger partial charge in [0.2, 0.25) is 0 Å². The lowest BCUT2D eigenvalue weighted by Gasteiger charge is -2.18. The summed E-state index contributed by atoms with van der Waals surface area (Å²) in [5.41, 5.74) is 3.51. The zero-order valence-electron chi connectivity index (χ0n) is 23.3. The number of unbranched alkanes of at least 4 members (excludes halogenated alkanes) is 1. The second kappa shape index (κ2) is 12.1. The topological polar surface area (TPSA) is 36.9 Å². The molecule has 0 unspecified atom stereocenters. The van der Waals surface area contributed by atoms with E-state index < -0.39 is 14.1 Å². The van der Waals surface area contributed by atoms with Crippen LogP contribution in [-0.4, -0.2) is 28.3 Å². The van der Waals surface area contributed by atoms with Gasteiger partial charge in [0.15, 0.2) is 23.0 Å². The molecule has 2 aromatic rings. The van der Waals surface area contributed by atoms with Crippen LogP contribution >= 0.6 is 0 Å². The maximum Gasteiger partial charge on any atom is 0.161 e. The Hall–Kier alpha value is -2.62. The lowest BCUT2D eigenvalue weighted by molar-refractivity contribution is 0.353. The highest BCUT2D eigenvalue weighted by atomic mass is 16.5. The van der Waals surface area contributed by atoms with Gasteiger partial charge in [-0.1, -0.05) is 12.1 Å². The van der Waals surface area contributed by atoms with Crippen LogP contribution in [-0.2, 0) is 19.3 Å². The van der Waals surface area contributed by atoms with Crippen LogP contribution in [0.25, 0.3) is 0 Å². The molecule has 0 amide bonds. The summed E-state index contributed by atoms with van der Waals surface area (Å²) in [7, 11) is -1.88. The van der Waals surface area contributed by atoms with Crippen molar-refractivity contribution in [1.29, 1.82) is 0 Å².